The molecule has 1 aromatic carbocycles. The molecule has 1 aliphatic heterocycles. The van der Waals surface area contributed by atoms with Gasteiger partial charge in [-0.15, -0.1) is 24.0 Å². The Kier molecular flexibility index (Phi) is 11.4. The quantitative estimate of drug-likeness (QED) is 0.328. The molecule has 0 atom stereocenters. The van der Waals surface area contributed by atoms with Crippen LogP contribution in [0.5, 0.6) is 0 Å². The smallest absolute Gasteiger partial charge is 0.243 e. The third kappa shape index (κ3) is 8.81. The first-order chi connectivity index (χ1) is 13.4. The second kappa shape index (κ2) is 12.9. The van der Waals surface area contributed by atoms with E-state index in [1.807, 2.05) is 0 Å². The minimum Gasteiger partial charge on any atom is -0.356 e. The van der Waals surface area contributed by atoms with Crippen LogP contribution in [0.3, 0.4) is 0 Å². The summed E-state index contributed by atoms with van der Waals surface area (Å²) in [5.41, 5.74) is 0.777. The van der Waals surface area contributed by atoms with Gasteiger partial charge in [-0.25, -0.2) is 13.8 Å². The lowest BCUT2D eigenvalue weighted by molar-refractivity contribution is -0.127. The highest BCUT2D eigenvalue weighted by Gasteiger charge is 2.20. The fourth-order valence-electron chi connectivity index (χ4n) is 3.01. The van der Waals surface area contributed by atoms with Crippen LogP contribution >= 0.6 is 24.0 Å². The van der Waals surface area contributed by atoms with Crippen molar-refractivity contribution in [3.05, 3.63) is 35.4 Å². The van der Waals surface area contributed by atoms with E-state index >= 15 is 0 Å². The highest BCUT2D eigenvalue weighted by atomic mass is 127. The molecule has 1 aliphatic rings. The van der Waals surface area contributed by atoms with E-state index in [9.17, 15) is 13.6 Å². The number of carbonyl (C=O) groups excluding carboxylic acids is 1. The van der Waals surface area contributed by atoms with Crippen LogP contribution in [-0.4, -0.2) is 68.0 Å². The Hall–Kier alpha value is -1.49. The molecule has 1 aromatic rings. The Labute approximate surface area is 189 Å². The molecule has 0 aliphatic carbocycles. The zero-order valence-corrected chi connectivity index (χ0v) is 19.7. The van der Waals surface area contributed by atoms with Crippen molar-refractivity contribution >= 4 is 35.8 Å². The van der Waals surface area contributed by atoms with Gasteiger partial charge in [-0.2, -0.15) is 0 Å². The van der Waals surface area contributed by atoms with Crippen LogP contribution in [0.4, 0.5) is 8.78 Å². The molecule has 29 heavy (non-hydrogen) atoms. The molecule has 0 unspecified atom stereocenters. The van der Waals surface area contributed by atoms with E-state index in [0.29, 0.717) is 12.5 Å². The second-order valence-electron chi connectivity index (χ2n) is 7.32. The molecule has 1 fully saturated rings. The summed E-state index contributed by atoms with van der Waals surface area (Å²) in [6.45, 7) is 5.29. The SMILES string of the molecule is CCCNC(=NCC(=O)N(C)C)NC1CCN(Cc2ccc(F)c(F)c2)CC1.I. The Morgan fingerprint density at radius 3 is 2.52 bits per heavy atom. The third-order valence-electron chi connectivity index (χ3n) is 4.73. The molecule has 0 bridgehead atoms. The number of amides is 1. The molecule has 0 aromatic heterocycles. The van der Waals surface area contributed by atoms with Gasteiger partial charge in [0.1, 0.15) is 6.54 Å². The first-order valence-corrected chi connectivity index (χ1v) is 9.80. The van der Waals surface area contributed by atoms with E-state index in [1.54, 1.807) is 20.2 Å². The summed E-state index contributed by atoms with van der Waals surface area (Å²) in [5, 5.41) is 6.67. The van der Waals surface area contributed by atoms with Crippen molar-refractivity contribution in [3.63, 3.8) is 0 Å². The van der Waals surface area contributed by atoms with Gasteiger partial charge in [-0.3, -0.25) is 9.69 Å². The number of nitrogens with one attached hydrogen (secondary N) is 2. The van der Waals surface area contributed by atoms with E-state index in [0.717, 1.165) is 44.5 Å². The van der Waals surface area contributed by atoms with Crippen molar-refractivity contribution in [2.75, 3.05) is 40.3 Å². The number of hydrogen-bond donors (Lipinski definition) is 2. The molecule has 0 radical (unpaired) electrons. The molecule has 1 saturated heterocycles. The molecule has 2 N–H and O–H groups in total. The van der Waals surface area contributed by atoms with E-state index in [1.165, 1.54) is 17.0 Å². The summed E-state index contributed by atoms with van der Waals surface area (Å²) in [7, 11) is 3.43. The minimum absolute atomic E-state index is 0. The van der Waals surface area contributed by atoms with Gasteiger partial charge in [-0.05, 0) is 37.0 Å². The van der Waals surface area contributed by atoms with Gasteiger partial charge in [0.15, 0.2) is 17.6 Å². The van der Waals surface area contributed by atoms with Crippen LogP contribution < -0.4 is 10.6 Å². The van der Waals surface area contributed by atoms with Crippen molar-refractivity contribution in [1.29, 1.82) is 0 Å². The maximum absolute atomic E-state index is 13.4. The zero-order valence-electron chi connectivity index (χ0n) is 17.4. The summed E-state index contributed by atoms with van der Waals surface area (Å²) in [6, 6.07) is 4.33. The summed E-state index contributed by atoms with van der Waals surface area (Å²) in [5.74, 6) is -0.995. The van der Waals surface area contributed by atoms with Crippen LogP contribution in [0.2, 0.25) is 0 Å². The van der Waals surface area contributed by atoms with Gasteiger partial charge in [0.2, 0.25) is 5.91 Å². The lowest BCUT2D eigenvalue weighted by Gasteiger charge is -2.33. The molecule has 9 heteroatoms. The lowest BCUT2D eigenvalue weighted by atomic mass is 10.0. The average molecular weight is 523 g/mol. The topological polar surface area (TPSA) is 60.0 Å². The number of likely N-dealkylation sites (N-methyl/N-ethyl adjacent to an activating group) is 1. The van der Waals surface area contributed by atoms with Gasteiger partial charge >= 0.3 is 0 Å². The van der Waals surface area contributed by atoms with Crippen LogP contribution in [0.1, 0.15) is 31.7 Å². The van der Waals surface area contributed by atoms with E-state index < -0.39 is 11.6 Å². The van der Waals surface area contributed by atoms with Gasteiger partial charge < -0.3 is 15.5 Å². The predicted octanol–water partition coefficient (Wildman–Crippen LogP) is 2.58. The summed E-state index contributed by atoms with van der Waals surface area (Å²) in [4.78, 5) is 19.9. The maximum atomic E-state index is 13.4. The molecule has 1 amide bonds. The number of hydrogen-bond acceptors (Lipinski definition) is 3. The van der Waals surface area contributed by atoms with E-state index in [-0.39, 0.29) is 42.5 Å². The Morgan fingerprint density at radius 1 is 1.24 bits per heavy atom. The monoisotopic (exact) mass is 523 g/mol. The minimum atomic E-state index is -0.814. The number of piperidine rings is 1. The van der Waals surface area contributed by atoms with Crippen LogP contribution in [-0.2, 0) is 11.3 Å². The van der Waals surface area contributed by atoms with Crippen molar-refractivity contribution in [1.82, 2.24) is 20.4 Å². The zero-order chi connectivity index (χ0) is 20.5. The van der Waals surface area contributed by atoms with Crippen LogP contribution in [0, 0.1) is 11.6 Å². The fourth-order valence-corrected chi connectivity index (χ4v) is 3.01. The second-order valence-corrected chi connectivity index (χ2v) is 7.32. The summed E-state index contributed by atoms with van der Waals surface area (Å²) >= 11 is 0. The number of benzene rings is 1. The van der Waals surface area contributed by atoms with Crippen molar-refractivity contribution in [3.8, 4) is 0 Å². The summed E-state index contributed by atoms with van der Waals surface area (Å²) < 4.78 is 26.4. The van der Waals surface area contributed by atoms with Crippen molar-refractivity contribution < 1.29 is 13.6 Å². The number of guanidine groups is 1. The first kappa shape index (κ1) is 25.5. The van der Waals surface area contributed by atoms with Gasteiger partial charge in [0.25, 0.3) is 0 Å². The number of halogens is 3. The Morgan fingerprint density at radius 2 is 1.93 bits per heavy atom. The number of likely N-dealkylation sites (tertiary alicyclic amines) is 1. The highest BCUT2D eigenvalue weighted by molar-refractivity contribution is 14.0. The molecule has 1 heterocycles. The Balaban J connectivity index is 0.00000420. The molecular formula is C20H32F2IN5O. The number of aliphatic imine (C=N–C) groups is 1. The molecule has 2 rings (SSSR count). The lowest BCUT2D eigenvalue weighted by Crippen LogP contribution is -2.49. The number of carbonyl (C=O) groups is 1. The maximum Gasteiger partial charge on any atom is 0.243 e. The highest BCUT2D eigenvalue weighted by Crippen LogP contribution is 2.16. The molecule has 164 valence electrons. The Bertz CT molecular complexity index is 679. The van der Waals surface area contributed by atoms with E-state index in [4.69, 9.17) is 0 Å². The van der Waals surface area contributed by atoms with Crippen molar-refractivity contribution in [2.24, 2.45) is 4.99 Å². The molecule has 0 saturated carbocycles. The van der Waals surface area contributed by atoms with Crippen LogP contribution in [0.15, 0.2) is 23.2 Å². The fraction of sp³-hybridized carbons (Fsp3) is 0.600. The van der Waals surface area contributed by atoms with Crippen LogP contribution in [0.25, 0.3) is 0 Å². The summed E-state index contributed by atoms with van der Waals surface area (Å²) in [6.07, 6.45) is 2.80. The van der Waals surface area contributed by atoms with Gasteiger partial charge in [0, 0.05) is 46.3 Å². The van der Waals surface area contributed by atoms with E-state index in [2.05, 4.69) is 27.4 Å². The normalized spacial score (nSPS) is 15.6. The largest absolute Gasteiger partial charge is 0.356 e. The predicted molar refractivity (Wildman–Crippen MR) is 122 cm³/mol. The van der Waals surface area contributed by atoms with Gasteiger partial charge in [-0.1, -0.05) is 13.0 Å². The average Bonchev–Trinajstić information content (AvgIpc) is 2.68. The van der Waals surface area contributed by atoms with Gasteiger partial charge in [0.05, 0.1) is 0 Å². The first-order valence-electron chi connectivity index (χ1n) is 9.80. The third-order valence-corrected chi connectivity index (χ3v) is 4.73. The molecular weight excluding hydrogens is 491 g/mol. The van der Waals surface area contributed by atoms with Crippen molar-refractivity contribution in [2.45, 2.75) is 38.8 Å². The standard InChI is InChI=1S/C20H31F2N5O.HI/c1-4-9-23-20(24-13-19(28)26(2)3)25-16-7-10-27(11-8-16)14-15-5-6-17(21)18(22)12-15;/h5-6,12,16H,4,7-11,13-14H2,1-3H3,(H2,23,24,25);1H. The number of nitrogens with zero attached hydrogens (tertiary/aromatic N) is 3. The molecule has 0 spiro atoms. The number of rotatable bonds is 7. The molecule has 6 nitrogen and oxygen atoms in total.